The second-order valence-electron chi connectivity index (χ2n) is 10.9. The first kappa shape index (κ1) is 29.5. The Bertz CT molecular complexity index is 1540. The highest BCUT2D eigenvalue weighted by atomic mass is 16.6. The first-order chi connectivity index (χ1) is 20.6. The number of carbonyl (C=O) groups is 2. The number of ether oxygens (including phenoxy) is 2. The van der Waals surface area contributed by atoms with Crippen LogP contribution in [0.25, 0.3) is 0 Å². The van der Waals surface area contributed by atoms with Crippen LogP contribution in [0.4, 0.5) is 5.69 Å². The number of dihydropyridines is 1. The van der Waals surface area contributed by atoms with Crippen molar-refractivity contribution in [2.24, 2.45) is 5.73 Å². The molecule has 1 fully saturated rings. The van der Waals surface area contributed by atoms with Gasteiger partial charge < -0.3 is 20.5 Å². The van der Waals surface area contributed by atoms with Crippen molar-refractivity contribution < 1.29 is 24.0 Å². The third kappa shape index (κ3) is 6.29. The number of hydrogen-bond donors (Lipinski definition) is 2. The Labute approximate surface area is 249 Å². The number of non-ortho nitro benzene ring substituents is 1. The third-order valence-corrected chi connectivity index (χ3v) is 7.54. The van der Waals surface area contributed by atoms with E-state index in [9.17, 15) is 19.7 Å². The smallest absolute Gasteiger partial charge is 0.339 e. The van der Waals surface area contributed by atoms with E-state index in [1.807, 2.05) is 36.4 Å². The first-order valence-electron chi connectivity index (χ1n) is 14.1. The lowest BCUT2D eigenvalue weighted by atomic mass is 9.81. The summed E-state index contributed by atoms with van der Waals surface area (Å²) in [4.78, 5) is 40.4. The molecule has 3 aromatic carbocycles. The van der Waals surface area contributed by atoms with Gasteiger partial charge >= 0.3 is 11.9 Å². The highest BCUT2D eigenvalue weighted by molar-refractivity contribution is 6.00. The predicted octanol–water partition coefficient (Wildman–Crippen LogP) is 4.69. The van der Waals surface area contributed by atoms with Crippen LogP contribution >= 0.6 is 0 Å². The third-order valence-electron chi connectivity index (χ3n) is 7.54. The van der Waals surface area contributed by atoms with E-state index in [1.165, 1.54) is 18.2 Å². The number of nitro benzene ring substituents is 1. The van der Waals surface area contributed by atoms with Gasteiger partial charge in [0.05, 0.1) is 34.1 Å². The minimum absolute atomic E-state index is 0.00271. The molecule has 0 spiro atoms. The highest BCUT2D eigenvalue weighted by Gasteiger charge is 2.42. The number of nitro groups is 1. The standard InChI is InChI=1S/C33H34N4O6/c1-20(2)42-32(38)27-21(3)35-31(34)29(28(27)24-15-10-16-25(17-24)37(40)41)33(39)43-26-18-36(19-26)30(22-11-6-4-7-12-22)23-13-8-5-9-14-23/h4-17,20,26,28,30,35H,18-19,34H2,1-3H3/t28-/m0/s1. The van der Waals surface area contributed by atoms with E-state index < -0.39 is 35.0 Å². The summed E-state index contributed by atoms with van der Waals surface area (Å²) in [7, 11) is 0. The van der Waals surface area contributed by atoms with E-state index in [1.54, 1.807) is 26.8 Å². The Morgan fingerprint density at radius 1 is 0.930 bits per heavy atom. The van der Waals surface area contributed by atoms with Gasteiger partial charge in [-0.2, -0.15) is 0 Å². The van der Waals surface area contributed by atoms with Gasteiger partial charge in [0.15, 0.2) is 0 Å². The number of nitrogens with zero attached hydrogens (tertiary/aromatic N) is 2. The molecule has 10 nitrogen and oxygen atoms in total. The van der Waals surface area contributed by atoms with Crippen LogP contribution in [0, 0.1) is 10.1 Å². The molecule has 3 N–H and O–H groups in total. The number of carbonyl (C=O) groups excluding carboxylic acids is 2. The molecular weight excluding hydrogens is 548 g/mol. The number of rotatable bonds is 9. The molecular formula is C33H34N4O6. The zero-order chi connectivity index (χ0) is 30.7. The van der Waals surface area contributed by atoms with Gasteiger partial charge in [-0.25, -0.2) is 9.59 Å². The Morgan fingerprint density at radius 3 is 2.09 bits per heavy atom. The molecule has 1 saturated heterocycles. The molecule has 0 bridgehead atoms. The second-order valence-corrected chi connectivity index (χ2v) is 10.9. The SMILES string of the molecule is CC1=C(C(=O)OC(C)C)[C@H](c2cccc([N+](=O)[O-])c2)C(C(=O)OC2CN(C(c3ccccc3)c3ccccc3)C2)=C(N)N1. The molecule has 2 aliphatic rings. The average molecular weight is 583 g/mol. The van der Waals surface area contributed by atoms with E-state index in [2.05, 4.69) is 34.5 Å². The number of nitrogens with one attached hydrogen (secondary N) is 1. The van der Waals surface area contributed by atoms with Crippen LogP contribution in [0.1, 0.15) is 49.4 Å². The molecule has 2 aliphatic heterocycles. The van der Waals surface area contributed by atoms with Gasteiger partial charge in [-0.3, -0.25) is 15.0 Å². The zero-order valence-corrected chi connectivity index (χ0v) is 24.2. The van der Waals surface area contributed by atoms with Gasteiger partial charge in [0.25, 0.3) is 5.69 Å². The lowest BCUT2D eigenvalue weighted by molar-refractivity contribution is -0.384. The molecule has 0 unspecified atom stereocenters. The molecule has 0 aromatic heterocycles. The number of likely N-dealkylation sites (tertiary alicyclic amines) is 1. The number of hydrogen-bond acceptors (Lipinski definition) is 9. The summed E-state index contributed by atoms with van der Waals surface area (Å²) in [6.45, 7) is 6.05. The van der Waals surface area contributed by atoms with Crippen molar-refractivity contribution in [1.82, 2.24) is 10.2 Å². The van der Waals surface area contributed by atoms with Crippen molar-refractivity contribution in [3.05, 3.63) is 134 Å². The number of esters is 2. The lowest BCUT2D eigenvalue weighted by Gasteiger charge is -2.44. The Morgan fingerprint density at radius 2 is 1.53 bits per heavy atom. The highest BCUT2D eigenvalue weighted by Crippen LogP contribution is 2.40. The molecule has 0 saturated carbocycles. The van der Waals surface area contributed by atoms with Crippen molar-refractivity contribution in [1.29, 1.82) is 0 Å². The quantitative estimate of drug-likeness (QED) is 0.209. The maximum atomic E-state index is 13.8. The number of benzene rings is 3. The Kier molecular flexibility index (Phi) is 8.58. The lowest BCUT2D eigenvalue weighted by Crippen LogP contribution is -2.54. The average Bonchev–Trinajstić information content (AvgIpc) is 2.96. The van der Waals surface area contributed by atoms with Crippen LogP contribution in [0.15, 0.2) is 108 Å². The van der Waals surface area contributed by atoms with Crippen LogP contribution in [0.3, 0.4) is 0 Å². The normalized spacial score (nSPS) is 17.5. The minimum Gasteiger partial charge on any atom is -0.460 e. The maximum absolute atomic E-state index is 13.8. The van der Waals surface area contributed by atoms with E-state index in [-0.39, 0.29) is 28.7 Å². The molecule has 3 aromatic rings. The van der Waals surface area contributed by atoms with Gasteiger partial charge in [0, 0.05) is 30.9 Å². The summed E-state index contributed by atoms with van der Waals surface area (Å²) < 4.78 is 11.5. The number of nitrogens with two attached hydrogens (primary N) is 1. The van der Waals surface area contributed by atoms with Crippen molar-refractivity contribution >= 4 is 17.6 Å². The molecule has 43 heavy (non-hydrogen) atoms. The predicted molar refractivity (Wildman–Crippen MR) is 160 cm³/mol. The van der Waals surface area contributed by atoms with Gasteiger partial charge in [0.2, 0.25) is 0 Å². The summed E-state index contributed by atoms with van der Waals surface area (Å²) in [6, 6.07) is 26.0. The van der Waals surface area contributed by atoms with Crippen molar-refractivity contribution in [2.45, 2.75) is 44.9 Å². The largest absolute Gasteiger partial charge is 0.460 e. The Hall–Kier alpha value is -4.96. The fourth-order valence-electron chi connectivity index (χ4n) is 5.64. The molecule has 1 atom stereocenters. The summed E-state index contributed by atoms with van der Waals surface area (Å²) in [6.07, 6.45) is -0.855. The van der Waals surface area contributed by atoms with Crippen LogP contribution in [-0.2, 0) is 19.1 Å². The van der Waals surface area contributed by atoms with Crippen molar-refractivity contribution in [2.75, 3.05) is 13.1 Å². The van der Waals surface area contributed by atoms with E-state index in [0.29, 0.717) is 24.4 Å². The summed E-state index contributed by atoms with van der Waals surface area (Å²) >= 11 is 0. The van der Waals surface area contributed by atoms with Gasteiger partial charge in [-0.15, -0.1) is 0 Å². The molecule has 5 rings (SSSR count). The van der Waals surface area contributed by atoms with Gasteiger partial charge in [-0.1, -0.05) is 72.8 Å². The summed E-state index contributed by atoms with van der Waals surface area (Å²) in [5, 5.41) is 14.5. The second kappa shape index (κ2) is 12.5. The van der Waals surface area contributed by atoms with E-state index in [4.69, 9.17) is 15.2 Å². The number of allylic oxidation sites excluding steroid dienone is 1. The van der Waals surface area contributed by atoms with Crippen molar-refractivity contribution in [3.63, 3.8) is 0 Å². The van der Waals surface area contributed by atoms with Crippen LogP contribution in [0.2, 0.25) is 0 Å². The molecule has 0 amide bonds. The minimum atomic E-state index is -1.03. The van der Waals surface area contributed by atoms with E-state index in [0.717, 1.165) is 11.1 Å². The van der Waals surface area contributed by atoms with Crippen LogP contribution < -0.4 is 11.1 Å². The molecule has 2 heterocycles. The fourth-order valence-corrected chi connectivity index (χ4v) is 5.64. The summed E-state index contributed by atoms with van der Waals surface area (Å²) in [5.74, 6) is -2.37. The molecule has 222 valence electrons. The zero-order valence-electron chi connectivity index (χ0n) is 24.2. The van der Waals surface area contributed by atoms with Crippen LogP contribution in [-0.4, -0.2) is 47.1 Å². The Balaban J connectivity index is 1.41. The molecule has 0 aliphatic carbocycles. The molecule has 0 radical (unpaired) electrons. The summed E-state index contributed by atoms with van der Waals surface area (Å²) in [5.41, 5.74) is 9.31. The van der Waals surface area contributed by atoms with Gasteiger partial charge in [0.1, 0.15) is 11.9 Å². The first-order valence-corrected chi connectivity index (χ1v) is 14.1. The maximum Gasteiger partial charge on any atom is 0.339 e. The van der Waals surface area contributed by atoms with Crippen LogP contribution in [0.5, 0.6) is 0 Å². The fraction of sp³-hybridized carbons (Fsp3) is 0.273. The molecule has 10 heteroatoms. The van der Waals surface area contributed by atoms with E-state index >= 15 is 0 Å². The van der Waals surface area contributed by atoms with Gasteiger partial charge in [-0.05, 0) is 37.5 Å². The van der Waals surface area contributed by atoms with Crippen molar-refractivity contribution in [3.8, 4) is 0 Å². The monoisotopic (exact) mass is 582 g/mol. The topological polar surface area (TPSA) is 137 Å².